The summed E-state index contributed by atoms with van der Waals surface area (Å²) in [7, 11) is 1.39. The molecule has 1 N–H and O–H groups in total. The zero-order valence-electron chi connectivity index (χ0n) is 22.8. The number of methoxy groups -OCH3 is 1. The summed E-state index contributed by atoms with van der Waals surface area (Å²) in [6.07, 6.45) is 1.90. The van der Waals surface area contributed by atoms with E-state index in [2.05, 4.69) is 15.9 Å². The van der Waals surface area contributed by atoms with Gasteiger partial charge in [0.15, 0.2) is 27.0 Å². The smallest absolute Gasteiger partial charge is 0.254 e. The number of carbonyl (C=O) groups is 5. The average Bonchev–Trinajstić information content (AvgIpc) is 3.32. The molecule has 2 saturated heterocycles. The van der Waals surface area contributed by atoms with Gasteiger partial charge in [0.05, 0.1) is 33.7 Å². The van der Waals surface area contributed by atoms with Crippen LogP contribution in [0.5, 0.6) is 11.5 Å². The lowest BCUT2D eigenvalue weighted by Crippen LogP contribution is -2.60. The summed E-state index contributed by atoms with van der Waals surface area (Å²) in [5, 5.41) is 10.6. The number of alkyl halides is 3. The van der Waals surface area contributed by atoms with Crippen LogP contribution in [0.4, 0.5) is 5.69 Å². The summed E-state index contributed by atoms with van der Waals surface area (Å²) < 4.78 is 5.81. The van der Waals surface area contributed by atoms with Crippen molar-refractivity contribution < 1.29 is 33.8 Å². The number of aromatic hydroxyl groups is 1. The zero-order valence-corrected chi connectivity index (χ0v) is 28.0. The van der Waals surface area contributed by atoms with Gasteiger partial charge in [0.1, 0.15) is 0 Å². The molecule has 43 heavy (non-hydrogen) atoms. The molecule has 6 atom stereocenters. The molecule has 0 unspecified atom stereocenters. The number of fused-ring (bicyclic) bond motifs is 4. The topological polar surface area (TPSA) is 121 Å². The maximum absolute atomic E-state index is 14.1. The van der Waals surface area contributed by atoms with Crippen molar-refractivity contribution in [2.24, 2.45) is 17.8 Å². The average molecular weight is 802 g/mol. The van der Waals surface area contributed by atoms with Crippen LogP contribution in [0.3, 0.4) is 0 Å². The number of likely N-dealkylation sites (tertiary alicyclic amines) is 1. The van der Waals surface area contributed by atoms with E-state index in [0.29, 0.717) is 26.0 Å². The highest BCUT2D eigenvalue weighted by Gasteiger charge is 2.76. The molecule has 2 aromatic carbocycles. The number of halogens is 4. The third-order valence-corrected chi connectivity index (χ3v) is 11.9. The zero-order chi connectivity index (χ0) is 31.2. The van der Waals surface area contributed by atoms with Gasteiger partial charge in [0.25, 0.3) is 11.8 Å². The highest BCUT2D eigenvalue weighted by atomic mass is 127. The Morgan fingerprint density at radius 1 is 1.09 bits per heavy atom. The fourth-order valence-electron chi connectivity index (χ4n) is 7.14. The molecule has 0 aromatic heterocycles. The normalized spacial score (nSPS) is 31.5. The van der Waals surface area contributed by atoms with Crippen molar-refractivity contribution >= 4 is 96.8 Å². The minimum atomic E-state index is -1.96. The molecular formula is C30H24BrCl2IN2O7. The number of rotatable bonds is 5. The molecule has 2 aliphatic heterocycles. The summed E-state index contributed by atoms with van der Waals surface area (Å²) >= 11 is 19.7. The lowest BCUT2D eigenvalue weighted by atomic mass is 9.56. The number of nitrogens with zero attached hydrogens (tertiary/aromatic N) is 2. The van der Waals surface area contributed by atoms with Gasteiger partial charge in [-0.15, -0.1) is 23.2 Å². The van der Waals surface area contributed by atoms with Crippen LogP contribution in [0.25, 0.3) is 0 Å². The van der Waals surface area contributed by atoms with Crippen LogP contribution in [0.15, 0.2) is 48.0 Å². The van der Waals surface area contributed by atoms with Gasteiger partial charge < -0.3 is 9.84 Å². The minimum absolute atomic E-state index is 0.100. The largest absolute Gasteiger partial charge is 0.504 e. The number of allylic oxidation sites excluding steroid dienone is 2. The van der Waals surface area contributed by atoms with Gasteiger partial charge >= 0.3 is 0 Å². The molecule has 2 aromatic rings. The van der Waals surface area contributed by atoms with Crippen molar-refractivity contribution in [1.29, 1.82) is 0 Å². The van der Waals surface area contributed by atoms with Crippen LogP contribution in [-0.4, -0.2) is 61.7 Å². The molecule has 2 aliphatic carbocycles. The van der Waals surface area contributed by atoms with E-state index in [4.69, 9.17) is 27.9 Å². The highest BCUT2D eigenvalue weighted by Crippen LogP contribution is 2.66. The van der Waals surface area contributed by atoms with E-state index in [1.165, 1.54) is 14.0 Å². The number of carbonyl (C=O) groups excluding carboxylic acids is 5. The number of hydrogen-bond acceptors (Lipinski definition) is 7. The molecule has 0 radical (unpaired) electrons. The number of phenols is 1. The first-order chi connectivity index (χ1) is 20.3. The molecule has 6 rings (SSSR count). The number of imide groups is 2. The maximum Gasteiger partial charge on any atom is 0.254 e. The van der Waals surface area contributed by atoms with Gasteiger partial charge in [0, 0.05) is 11.5 Å². The molecule has 0 bridgehead atoms. The van der Waals surface area contributed by atoms with Crippen molar-refractivity contribution in [3.8, 4) is 11.5 Å². The van der Waals surface area contributed by atoms with Crippen LogP contribution < -0.4 is 9.64 Å². The first-order valence-corrected chi connectivity index (χ1v) is 16.3. The first-order valence-electron chi connectivity index (χ1n) is 13.4. The van der Waals surface area contributed by atoms with Gasteiger partial charge in [-0.3, -0.25) is 33.8 Å². The number of ketones is 1. The lowest BCUT2D eigenvalue weighted by Gasteiger charge is -2.50. The van der Waals surface area contributed by atoms with Crippen LogP contribution in [0, 0.1) is 21.3 Å². The Morgan fingerprint density at radius 2 is 1.77 bits per heavy atom. The number of amides is 4. The summed E-state index contributed by atoms with van der Waals surface area (Å²) in [4.78, 5) is 65.5. The molecule has 13 heteroatoms. The van der Waals surface area contributed by atoms with Gasteiger partial charge in [-0.05, 0) is 90.2 Å². The third kappa shape index (κ3) is 4.10. The Balaban J connectivity index is 1.51. The fourth-order valence-corrected chi connectivity index (χ4v) is 9.19. The summed E-state index contributed by atoms with van der Waals surface area (Å²) in [6.45, 7) is 1.43. The Bertz CT molecular complexity index is 1670. The van der Waals surface area contributed by atoms with Gasteiger partial charge in [-0.2, -0.15) is 0 Å². The minimum Gasteiger partial charge on any atom is -0.504 e. The SMILES string of the molecule is COc1cc([C@H]2C3=CC[C@@H]4C(=O)N(c5ccc(C(C)=O)cc5)C(=O)[C@@H]4[C@@H]3C[C@@]3(Cl)C(=O)N(CBr)C(=O)[C@@]23Cl)cc(I)c1O. The van der Waals surface area contributed by atoms with E-state index >= 15 is 0 Å². The summed E-state index contributed by atoms with van der Waals surface area (Å²) in [5.41, 5.74) is 1.75. The molecule has 2 heterocycles. The van der Waals surface area contributed by atoms with Gasteiger partial charge in [-0.25, -0.2) is 0 Å². The summed E-state index contributed by atoms with van der Waals surface area (Å²) in [6, 6.07) is 9.46. The third-order valence-electron chi connectivity index (χ3n) is 9.15. The molecule has 9 nitrogen and oxygen atoms in total. The predicted octanol–water partition coefficient (Wildman–Crippen LogP) is 5.12. The second kappa shape index (κ2) is 10.6. The van der Waals surface area contributed by atoms with Gasteiger partial charge in [0.2, 0.25) is 11.8 Å². The number of phenolic OH excluding ortho intramolecular Hbond substituents is 1. The monoisotopic (exact) mass is 800 g/mol. The van der Waals surface area contributed by atoms with Crippen molar-refractivity contribution in [3.63, 3.8) is 0 Å². The molecular weight excluding hydrogens is 778 g/mol. The van der Waals surface area contributed by atoms with Crippen molar-refractivity contribution in [2.75, 3.05) is 17.5 Å². The van der Waals surface area contributed by atoms with E-state index in [1.54, 1.807) is 36.4 Å². The van der Waals surface area contributed by atoms with Crippen LogP contribution in [0.2, 0.25) is 0 Å². The second-order valence-corrected chi connectivity index (χ2v) is 14.1. The quantitative estimate of drug-likeness (QED) is 0.111. The predicted molar refractivity (Wildman–Crippen MR) is 170 cm³/mol. The first kappa shape index (κ1) is 30.5. The fraction of sp³-hybridized carbons (Fsp3) is 0.367. The summed E-state index contributed by atoms with van der Waals surface area (Å²) in [5.74, 6) is -5.58. The Hall–Kier alpha value is -2.48. The van der Waals surface area contributed by atoms with Crippen LogP contribution in [-0.2, 0) is 19.2 Å². The van der Waals surface area contributed by atoms with E-state index < -0.39 is 51.1 Å². The highest BCUT2D eigenvalue weighted by molar-refractivity contribution is 14.1. The van der Waals surface area contributed by atoms with Crippen LogP contribution in [0.1, 0.15) is 41.6 Å². The van der Waals surface area contributed by atoms with Gasteiger partial charge in [-0.1, -0.05) is 27.6 Å². The van der Waals surface area contributed by atoms with E-state index in [0.717, 1.165) is 9.80 Å². The van der Waals surface area contributed by atoms with E-state index in [1.807, 2.05) is 28.7 Å². The number of hydrogen-bond donors (Lipinski definition) is 1. The van der Waals surface area contributed by atoms with E-state index in [-0.39, 0.29) is 41.5 Å². The number of benzene rings is 2. The second-order valence-electron chi connectivity index (χ2n) is 11.2. The maximum atomic E-state index is 14.1. The van der Waals surface area contributed by atoms with Crippen molar-refractivity contribution in [1.82, 2.24) is 4.90 Å². The number of ether oxygens (including phenoxy) is 1. The number of anilines is 1. The Morgan fingerprint density at radius 3 is 2.37 bits per heavy atom. The lowest BCUT2D eigenvalue weighted by molar-refractivity contribution is -0.138. The van der Waals surface area contributed by atoms with E-state index in [9.17, 15) is 29.1 Å². The molecule has 4 amide bonds. The molecule has 0 spiro atoms. The van der Waals surface area contributed by atoms with Crippen molar-refractivity contribution in [2.45, 2.75) is 35.4 Å². The molecule has 4 aliphatic rings. The van der Waals surface area contributed by atoms with Crippen LogP contribution >= 0.6 is 61.7 Å². The number of Topliss-reactive ketones (excluding diaryl/α,β-unsaturated/α-hetero) is 1. The van der Waals surface area contributed by atoms with Crippen molar-refractivity contribution in [3.05, 3.63) is 62.7 Å². The molecule has 224 valence electrons. The molecule has 3 fully saturated rings. The molecule has 1 saturated carbocycles. The standard InChI is InChI=1S/C30H24BrCl2IN2O7/c1-13(37)14-3-5-16(6-4-14)36-25(39)18-8-7-17-19(22(18)26(36)40)11-29(32)27(41)35(12-31)28(42)30(29,33)23(17)15-9-20(34)24(38)21(10-15)43-2/h3-7,9-10,18-19,22-23,38H,8,11-12H2,1-2H3/t18-,19+,22-,23-,29+,30-/m0/s1. The Labute approximate surface area is 278 Å². The Kier molecular flexibility index (Phi) is 7.50.